The molecule has 0 unspecified atom stereocenters. The highest BCUT2D eigenvalue weighted by Crippen LogP contribution is 2.25. The highest BCUT2D eigenvalue weighted by Gasteiger charge is 2.18. The van der Waals surface area contributed by atoms with Gasteiger partial charge in [-0.05, 0) is 55.9 Å². The monoisotopic (exact) mass is 308 g/mol. The van der Waals surface area contributed by atoms with Crippen molar-refractivity contribution < 1.29 is 8.42 Å². The Morgan fingerprint density at radius 3 is 2.65 bits per heavy atom. The summed E-state index contributed by atoms with van der Waals surface area (Å²) in [6.45, 7) is 1.84. The summed E-state index contributed by atoms with van der Waals surface area (Å²) in [6.07, 6.45) is 4.34. The molecule has 1 aliphatic carbocycles. The summed E-state index contributed by atoms with van der Waals surface area (Å²) in [5, 5.41) is 2.24. The van der Waals surface area contributed by atoms with Crippen molar-refractivity contribution in [1.82, 2.24) is 4.98 Å². The topological polar surface area (TPSA) is 59.1 Å². The van der Waals surface area contributed by atoms with Gasteiger partial charge in [-0.1, -0.05) is 6.07 Å². The summed E-state index contributed by atoms with van der Waals surface area (Å²) in [6, 6.07) is 5.43. The third-order valence-corrected chi connectivity index (χ3v) is 5.81. The molecule has 0 radical (unpaired) electrons. The minimum absolute atomic E-state index is 0.325. The van der Waals surface area contributed by atoms with Gasteiger partial charge in [-0.15, -0.1) is 11.3 Å². The summed E-state index contributed by atoms with van der Waals surface area (Å²) in [5.74, 6) is 0. The van der Waals surface area contributed by atoms with Gasteiger partial charge >= 0.3 is 0 Å². The van der Waals surface area contributed by atoms with E-state index in [1.54, 1.807) is 12.1 Å². The number of anilines is 1. The number of hydrogen-bond acceptors (Lipinski definition) is 4. The van der Waals surface area contributed by atoms with Crippen LogP contribution in [-0.2, 0) is 22.9 Å². The van der Waals surface area contributed by atoms with Crippen molar-refractivity contribution in [2.45, 2.75) is 37.5 Å². The van der Waals surface area contributed by atoms with Crippen LogP contribution in [0.2, 0.25) is 0 Å². The van der Waals surface area contributed by atoms with E-state index in [1.165, 1.54) is 23.3 Å². The summed E-state index contributed by atoms with van der Waals surface area (Å²) >= 11 is 1.30. The first-order valence-corrected chi connectivity index (χ1v) is 8.98. The molecule has 0 saturated carbocycles. The molecule has 1 heterocycles. The summed E-state index contributed by atoms with van der Waals surface area (Å²) in [7, 11) is -3.54. The van der Waals surface area contributed by atoms with Crippen molar-refractivity contribution in [2.75, 3.05) is 4.72 Å². The number of aryl methyl sites for hydroxylation is 3. The zero-order chi connectivity index (χ0) is 14.2. The van der Waals surface area contributed by atoms with Gasteiger partial charge in [0.05, 0.1) is 10.6 Å². The number of fused-ring (bicyclic) bond motifs is 1. The van der Waals surface area contributed by atoms with Gasteiger partial charge in [0.15, 0.2) is 5.13 Å². The maximum atomic E-state index is 12.4. The number of hydrogen-bond donors (Lipinski definition) is 1. The molecule has 0 saturated heterocycles. The normalized spacial score (nSPS) is 14.8. The van der Waals surface area contributed by atoms with Crippen molar-refractivity contribution in [3.8, 4) is 0 Å². The van der Waals surface area contributed by atoms with Crippen molar-refractivity contribution in [3.05, 3.63) is 40.4 Å². The number of thiazole rings is 1. The van der Waals surface area contributed by atoms with E-state index in [1.807, 2.05) is 18.4 Å². The highest BCUT2D eigenvalue weighted by atomic mass is 32.2. The summed E-state index contributed by atoms with van der Waals surface area (Å²) < 4.78 is 27.2. The van der Waals surface area contributed by atoms with Crippen molar-refractivity contribution >= 4 is 26.5 Å². The van der Waals surface area contributed by atoms with E-state index >= 15 is 0 Å². The van der Waals surface area contributed by atoms with Gasteiger partial charge in [0.2, 0.25) is 0 Å². The molecule has 0 spiro atoms. The second-order valence-electron chi connectivity index (χ2n) is 5.04. The second kappa shape index (κ2) is 5.18. The molecule has 6 heteroatoms. The fraction of sp³-hybridized carbons (Fsp3) is 0.357. The Morgan fingerprint density at radius 1 is 1.20 bits per heavy atom. The van der Waals surface area contributed by atoms with Crippen LogP contribution in [0.25, 0.3) is 0 Å². The summed E-state index contributed by atoms with van der Waals surface area (Å²) in [4.78, 5) is 4.46. The quantitative estimate of drug-likeness (QED) is 0.947. The van der Waals surface area contributed by atoms with Crippen LogP contribution in [0.3, 0.4) is 0 Å². The van der Waals surface area contributed by atoms with Gasteiger partial charge in [0.1, 0.15) is 0 Å². The molecule has 4 nitrogen and oxygen atoms in total. The minimum atomic E-state index is -3.54. The van der Waals surface area contributed by atoms with E-state index in [4.69, 9.17) is 0 Å². The maximum Gasteiger partial charge on any atom is 0.263 e. The molecule has 106 valence electrons. The molecular formula is C14H16N2O2S2. The third-order valence-electron chi connectivity index (χ3n) is 3.47. The van der Waals surface area contributed by atoms with Crippen molar-refractivity contribution in [3.63, 3.8) is 0 Å². The lowest BCUT2D eigenvalue weighted by molar-refractivity contribution is 0.600. The molecule has 0 fully saturated rings. The van der Waals surface area contributed by atoms with E-state index < -0.39 is 10.0 Å². The van der Waals surface area contributed by atoms with Gasteiger partial charge in [0, 0.05) is 5.38 Å². The van der Waals surface area contributed by atoms with Gasteiger partial charge < -0.3 is 0 Å². The molecule has 0 atom stereocenters. The third kappa shape index (κ3) is 2.71. The van der Waals surface area contributed by atoms with Gasteiger partial charge in [0.25, 0.3) is 10.0 Å². The van der Waals surface area contributed by atoms with Gasteiger partial charge in [-0.3, -0.25) is 4.72 Å². The lowest BCUT2D eigenvalue weighted by Crippen LogP contribution is -2.14. The average Bonchev–Trinajstić information content (AvgIpc) is 2.83. The average molecular weight is 308 g/mol. The van der Waals surface area contributed by atoms with Crippen LogP contribution in [0, 0.1) is 6.92 Å². The lowest BCUT2D eigenvalue weighted by Gasteiger charge is -2.16. The zero-order valence-corrected chi connectivity index (χ0v) is 12.9. The Bertz CT molecular complexity index is 735. The van der Waals surface area contributed by atoms with E-state index in [-0.39, 0.29) is 0 Å². The van der Waals surface area contributed by atoms with Crippen molar-refractivity contribution in [2.24, 2.45) is 0 Å². The Kier molecular flexibility index (Phi) is 3.52. The molecule has 20 heavy (non-hydrogen) atoms. The fourth-order valence-electron chi connectivity index (χ4n) is 2.45. The number of benzene rings is 1. The maximum absolute atomic E-state index is 12.4. The molecule has 2 aromatic rings. The lowest BCUT2D eigenvalue weighted by atomic mass is 9.92. The molecule has 1 aromatic carbocycles. The van der Waals surface area contributed by atoms with Gasteiger partial charge in [-0.2, -0.15) is 0 Å². The Morgan fingerprint density at radius 2 is 1.95 bits per heavy atom. The Labute approximate surface area is 122 Å². The number of sulfonamides is 1. The van der Waals surface area contributed by atoms with E-state index in [0.29, 0.717) is 10.0 Å². The standard InChI is InChI=1S/C14H16N2O2S2/c1-10-9-19-14(15-10)16-20(17,18)13-7-6-11-4-2-3-5-12(11)8-13/h6-9H,2-5H2,1H3,(H,15,16). The second-order valence-corrected chi connectivity index (χ2v) is 7.58. The molecule has 1 aromatic heterocycles. The van der Waals surface area contributed by atoms with Crippen molar-refractivity contribution in [1.29, 1.82) is 0 Å². The smallest absolute Gasteiger partial charge is 0.255 e. The summed E-state index contributed by atoms with van der Waals surface area (Å²) in [5.41, 5.74) is 3.26. The largest absolute Gasteiger partial charge is 0.263 e. The highest BCUT2D eigenvalue weighted by molar-refractivity contribution is 7.93. The van der Waals surface area contributed by atoms with E-state index in [9.17, 15) is 8.42 Å². The molecule has 1 aliphatic rings. The molecule has 0 bridgehead atoms. The molecule has 0 amide bonds. The number of rotatable bonds is 3. The molecule has 0 aliphatic heterocycles. The number of nitrogens with one attached hydrogen (secondary N) is 1. The Balaban J connectivity index is 1.91. The van der Waals surface area contributed by atoms with Crippen LogP contribution in [0.4, 0.5) is 5.13 Å². The van der Waals surface area contributed by atoms with E-state index in [0.717, 1.165) is 30.5 Å². The first kappa shape index (κ1) is 13.6. The Hall–Kier alpha value is -1.40. The predicted octanol–water partition coefficient (Wildman–Crippen LogP) is 3.13. The zero-order valence-electron chi connectivity index (χ0n) is 11.2. The van der Waals surface area contributed by atoms with Crippen LogP contribution >= 0.6 is 11.3 Å². The SMILES string of the molecule is Cc1csc(NS(=O)(=O)c2ccc3c(c2)CCCC3)n1. The van der Waals surface area contributed by atoms with Crippen LogP contribution in [0.5, 0.6) is 0 Å². The number of aromatic nitrogens is 1. The first-order chi connectivity index (χ1) is 9.54. The number of nitrogens with zero attached hydrogens (tertiary/aromatic N) is 1. The van der Waals surface area contributed by atoms with E-state index in [2.05, 4.69) is 9.71 Å². The van der Waals surface area contributed by atoms with Crippen LogP contribution < -0.4 is 4.72 Å². The minimum Gasteiger partial charge on any atom is -0.255 e. The molecule has 3 rings (SSSR count). The molecular weight excluding hydrogens is 292 g/mol. The fourth-order valence-corrected chi connectivity index (χ4v) is 4.44. The molecule has 1 N–H and O–H groups in total. The van der Waals surface area contributed by atoms with Crippen LogP contribution in [-0.4, -0.2) is 13.4 Å². The predicted molar refractivity (Wildman–Crippen MR) is 80.7 cm³/mol. The van der Waals surface area contributed by atoms with Crippen LogP contribution in [0.1, 0.15) is 29.7 Å². The van der Waals surface area contributed by atoms with Crippen LogP contribution in [0.15, 0.2) is 28.5 Å². The first-order valence-electron chi connectivity index (χ1n) is 6.61. The van der Waals surface area contributed by atoms with Gasteiger partial charge in [-0.25, -0.2) is 13.4 Å².